The topological polar surface area (TPSA) is 78.7 Å². The van der Waals surface area contributed by atoms with E-state index >= 15 is 0 Å². The van der Waals surface area contributed by atoms with Crippen molar-refractivity contribution in [3.63, 3.8) is 0 Å². The zero-order valence-corrected chi connectivity index (χ0v) is 15.3. The lowest BCUT2D eigenvalue weighted by Crippen LogP contribution is -2.50. The maximum absolute atomic E-state index is 12.6. The van der Waals surface area contributed by atoms with Crippen molar-refractivity contribution in [2.45, 2.75) is 20.3 Å². The molecule has 8 heteroatoms. The van der Waals surface area contributed by atoms with Crippen molar-refractivity contribution in [1.29, 1.82) is 0 Å². The molecule has 0 spiro atoms. The first-order valence-corrected chi connectivity index (χ1v) is 9.26. The lowest BCUT2D eigenvalue weighted by Gasteiger charge is -2.34. The Bertz CT molecular complexity index is 747. The van der Waals surface area contributed by atoms with Crippen LogP contribution in [-0.4, -0.2) is 59.5 Å². The summed E-state index contributed by atoms with van der Waals surface area (Å²) >= 11 is 1.51. The summed E-state index contributed by atoms with van der Waals surface area (Å²) in [6.07, 6.45) is 0.867. The van der Waals surface area contributed by atoms with Gasteiger partial charge in [0.15, 0.2) is 5.82 Å². The molecule has 2 amide bonds. The van der Waals surface area contributed by atoms with E-state index in [0.29, 0.717) is 37.8 Å². The smallest absolute Gasteiger partial charge is 0.264 e. The molecule has 1 aliphatic rings. The SMILES string of the molecule is CCc1ccsc1C(=O)N1CCN(CC(=O)Nc2cc(C)on2)CC1. The molecule has 2 aromatic rings. The number of piperazine rings is 1. The summed E-state index contributed by atoms with van der Waals surface area (Å²) in [5, 5.41) is 8.44. The Morgan fingerprint density at radius 2 is 2.08 bits per heavy atom. The molecule has 0 atom stereocenters. The van der Waals surface area contributed by atoms with E-state index in [1.165, 1.54) is 11.3 Å². The maximum Gasteiger partial charge on any atom is 0.264 e. The van der Waals surface area contributed by atoms with Crippen molar-refractivity contribution in [1.82, 2.24) is 15.0 Å². The first-order chi connectivity index (χ1) is 12.1. The van der Waals surface area contributed by atoms with Gasteiger partial charge in [0.25, 0.3) is 5.91 Å². The molecule has 0 radical (unpaired) electrons. The van der Waals surface area contributed by atoms with E-state index in [-0.39, 0.29) is 18.4 Å². The molecule has 2 aromatic heterocycles. The van der Waals surface area contributed by atoms with Crippen LogP contribution in [0.15, 0.2) is 22.0 Å². The average molecular weight is 362 g/mol. The third kappa shape index (κ3) is 4.26. The highest BCUT2D eigenvalue weighted by atomic mass is 32.1. The Labute approximate surface area is 150 Å². The molecule has 3 rings (SSSR count). The molecule has 0 aromatic carbocycles. The molecule has 1 N–H and O–H groups in total. The summed E-state index contributed by atoms with van der Waals surface area (Å²) in [5.41, 5.74) is 1.11. The highest BCUT2D eigenvalue weighted by molar-refractivity contribution is 7.12. The van der Waals surface area contributed by atoms with E-state index in [9.17, 15) is 9.59 Å². The zero-order valence-electron chi connectivity index (χ0n) is 14.4. The Kier molecular flexibility index (Phi) is 5.50. The van der Waals surface area contributed by atoms with Gasteiger partial charge >= 0.3 is 0 Å². The lowest BCUT2D eigenvalue weighted by molar-refractivity contribution is -0.117. The number of hydrogen-bond acceptors (Lipinski definition) is 6. The van der Waals surface area contributed by atoms with Crippen molar-refractivity contribution in [2.75, 3.05) is 38.0 Å². The van der Waals surface area contributed by atoms with Crippen molar-refractivity contribution in [3.05, 3.63) is 33.7 Å². The van der Waals surface area contributed by atoms with Crippen molar-refractivity contribution < 1.29 is 14.1 Å². The molecule has 134 valence electrons. The zero-order chi connectivity index (χ0) is 17.8. The first-order valence-electron chi connectivity index (χ1n) is 8.38. The number of carbonyl (C=O) groups excluding carboxylic acids is 2. The second-order valence-electron chi connectivity index (χ2n) is 6.07. The van der Waals surface area contributed by atoms with E-state index in [1.807, 2.05) is 21.2 Å². The molecule has 0 aliphatic carbocycles. The van der Waals surface area contributed by atoms with Crippen LogP contribution in [0.2, 0.25) is 0 Å². The van der Waals surface area contributed by atoms with Gasteiger partial charge in [0.1, 0.15) is 5.76 Å². The molecule has 0 bridgehead atoms. The fourth-order valence-corrected chi connectivity index (χ4v) is 3.83. The summed E-state index contributed by atoms with van der Waals surface area (Å²) in [7, 11) is 0. The minimum atomic E-state index is -0.125. The van der Waals surface area contributed by atoms with Crippen molar-refractivity contribution in [2.24, 2.45) is 0 Å². The van der Waals surface area contributed by atoms with Crippen LogP contribution in [0, 0.1) is 6.92 Å². The molecule has 7 nitrogen and oxygen atoms in total. The van der Waals surface area contributed by atoms with Gasteiger partial charge in [-0.15, -0.1) is 11.3 Å². The number of carbonyl (C=O) groups is 2. The predicted octanol–water partition coefficient (Wildman–Crippen LogP) is 2.00. The van der Waals surface area contributed by atoms with Gasteiger partial charge in [0.2, 0.25) is 5.91 Å². The van der Waals surface area contributed by atoms with Crippen molar-refractivity contribution >= 4 is 29.0 Å². The quantitative estimate of drug-likeness (QED) is 0.880. The van der Waals surface area contributed by atoms with Gasteiger partial charge in [-0.3, -0.25) is 14.5 Å². The summed E-state index contributed by atoms with van der Waals surface area (Å²) in [6.45, 7) is 6.76. The molecule has 1 aliphatic heterocycles. The number of nitrogens with one attached hydrogen (secondary N) is 1. The largest absolute Gasteiger partial charge is 0.360 e. The van der Waals surface area contributed by atoms with Crippen LogP contribution in [-0.2, 0) is 11.2 Å². The number of aryl methyl sites for hydroxylation is 2. The summed E-state index contributed by atoms with van der Waals surface area (Å²) in [5.74, 6) is 1.07. The lowest BCUT2D eigenvalue weighted by atomic mass is 10.2. The summed E-state index contributed by atoms with van der Waals surface area (Å²) in [6, 6.07) is 3.70. The fourth-order valence-electron chi connectivity index (χ4n) is 2.87. The molecular formula is C17H22N4O3S. The number of hydrogen-bond donors (Lipinski definition) is 1. The number of rotatable bonds is 5. The standard InChI is InChI=1S/C17H22N4O3S/c1-3-13-4-9-25-16(13)17(23)21-7-5-20(6-8-21)11-15(22)18-14-10-12(2)24-19-14/h4,9-10H,3,5-8,11H2,1-2H3,(H,18,19,22). The Balaban J connectivity index is 1.48. The summed E-state index contributed by atoms with van der Waals surface area (Å²) < 4.78 is 4.93. The molecule has 25 heavy (non-hydrogen) atoms. The van der Waals surface area contributed by atoms with Gasteiger partial charge < -0.3 is 14.7 Å². The number of amides is 2. The summed E-state index contributed by atoms with van der Waals surface area (Å²) in [4.78, 5) is 29.5. The molecular weight excluding hydrogens is 340 g/mol. The van der Waals surface area contributed by atoms with Crippen molar-refractivity contribution in [3.8, 4) is 0 Å². The van der Waals surface area contributed by atoms with Gasteiger partial charge in [0.05, 0.1) is 11.4 Å². The second kappa shape index (κ2) is 7.79. The Morgan fingerprint density at radius 1 is 1.32 bits per heavy atom. The van der Waals surface area contributed by atoms with Crippen LogP contribution in [0.5, 0.6) is 0 Å². The average Bonchev–Trinajstić information content (AvgIpc) is 3.23. The van der Waals surface area contributed by atoms with E-state index in [4.69, 9.17) is 4.52 Å². The second-order valence-corrected chi connectivity index (χ2v) is 6.98. The predicted molar refractivity (Wildman–Crippen MR) is 95.9 cm³/mol. The van der Waals surface area contributed by atoms with Crippen LogP contribution in [0.3, 0.4) is 0 Å². The molecule has 3 heterocycles. The third-order valence-electron chi connectivity index (χ3n) is 4.24. The maximum atomic E-state index is 12.6. The fraction of sp³-hybridized carbons (Fsp3) is 0.471. The number of thiophene rings is 1. The van der Waals surface area contributed by atoms with Gasteiger partial charge in [0, 0.05) is 32.2 Å². The number of aromatic nitrogens is 1. The molecule has 0 unspecified atom stereocenters. The molecule has 0 saturated carbocycles. The minimum Gasteiger partial charge on any atom is -0.360 e. The third-order valence-corrected chi connectivity index (χ3v) is 5.19. The van der Waals surface area contributed by atoms with E-state index in [0.717, 1.165) is 16.9 Å². The highest BCUT2D eigenvalue weighted by Gasteiger charge is 2.25. The van der Waals surface area contributed by atoms with E-state index in [1.54, 1.807) is 13.0 Å². The number of anilines is 1. The first kappa shape index (κ1) is 17.6. The number of nitrogens with zero attached hydrogens (tertiary/aromatic N) is 3. The normalized spacial score (nSPS) is 15.4. The molecule has 1 fully saturated rings. The highest BCUT2D eigenvalue weighted by Crippen LogP contribution is 2.20. The molecule has 1 saturated heterocycles. The van der Waals surface area contributed by atoms with Gasteiger partial charge in [-0.25, -0.2) is 0 Å². The van der Waals surface area contributed by atoms with E-state index in [2.05, 4.69) is 17.4 Å². The van der Waals surface area contributed by atoms with Crippen LogP contribution in [0.1, 0.15) is 27.9 Å². The van der Waals surface area contributed by atoms with Crippen LogP contribution >= 0.6 is 11.3 Å². The van der Waals surface area contributed by atoms with Crippen LogP contribution < -0.4 is 5.32 Å². The van der Waals surface area contributed by atoms with E-state index < -0.39 is 0 Å². The van der Waals surface area contributed by atoms with Gasteiger partial charge in [-0.05, 0) is 30.4 Å². The Hall–Kier alpha value is -2.19. The van der Waals surface area contributed by atoms with Crippen LogP contribution in [0.25, 0.3) is 0 Å². The van der Waals surface area contributed by atoms with Gasteiger partial charge in [-0.2, -0.15) is 0 Å². The monoisotopic (exact) mass is 362 g/mol. The van der Waals surface area contributed by atoms with Crippen LogP contribution in [0.4, 0.5) is 5.82 Å². The van der Waals surface area contributed by atoms with Gasteiger partial charge in [-0.1, -0.05) is 12.1 Å². The Morgan fingerprint density at radius 3 is 2.72 bits per heavy atom. The minimum absolute atomic E-state index is 0.106.